The van der Waals surface area contributed by atoms with Crippen molar-refractivity contribution in [3.63, 3.8) is 0 Å². The maximum Gasteiger partial charge on any atom is 0.269 e. The lowest BCUT2D eigenvalue weighted by atomic mass is 10.3. The first-order chi connectivity index (χ1) is 10.0. The van der Waals surface area contributed by atoms with Gasteiger partial charge in [-0.25, -0.2) is 4.57 Å². The summed E-state index contributed by atoms with van der Waals surface area (Å²) in [5.74, 6) is 0.470. The number of non-ortho nitro benzene ring substituents is 1. The second-order valence-electron chi connectivity index (χ2n) is 4.55. The van der Waals surface area contributed by atoms with Crippen LogP contribution < -0.4 is 27.4 Å². The van der Waals surface area contributed by atoms with Crippen LogP contribution in [0.3, 0.4) is 0 Å². The van der Waals surface area contributed by atoms with E-state index in [4.69, 9.17) is 10.5 Å². The van der Waals surface area contributed by atoms with Crippen LogP contribution in [0.25, 0.3) is 0 Å². The zero-order valence-corrected chi connectivity index (χ0v) is 13.6. The molecule has 7 nitrogen and oxygen atoms in total. The number of nitro groups is 1. The molecule has 0 radical (unpaired) electrons. The fourth-order valence-electron chi connectivity index (χ4n) is 1.81. The van der Waals surface area contributed by atoms with E-state index in [1.54, 1.807) is 29.1 Å². The zero-order chi connectivity index (χ0) is 15.2. The molecule has 3 N–H and O–H groups in total. The molecule has 0 saturated carbocycles. The van der Waals surface area contributed by atoms with Gasteiger partial charge in [0, 0.05) is 18.2 Å². The number of aliphatic hydroxyl groups excluding tert-OH is 1. The Morgan fingerprint density at radius 1 is 1.30 bits per heavy atom. The van der Waals surface area contributed by atoms with E-state index >= 15 is 0 Å². The van der Waals surface area contributed by atoms with E-state index in [0.717, 1.165) is 0 Å². The summed E-state index contributed by atoms with van der Waals surface area (Å²) < 4.78 is 7.15. The molecule has 1 aromatic heterocycles. The zero-order valence-electron chi connectivity index (χ0n) is 12.0. The number of hydrogen-bond donors (Lipinski definition) is 2. The normalized spacial score (nSPS) is 10.8. The molecule has 1 atom stereocenters. The molecular formula is C14H17Cl2N3O4. The highest BCUT2D eigenvalue weighted by Gasteiger charge is 2.12. The summed E-state index contributed by atoms with van der Waals surface area (Å²) >= 11 is 0. The molecule has 0 aliphatic rings. The van der Waals surface area contributed by atoms with E-state index in [1.807, 2.05) is 0 Å². The highest BCUT2D eigenvalue weighted by atomic mass is 35.5. The molecule has 0 amide bonds. The molecule has 9 heteroatoms. The molecule has 0 bridgehead atoms. The van der Waals surface area contributed by atoms with Gasteiger partial charge in [0.2, 0.25) is 0 Å². The minimum atomic E-state index is -0.716. The highest BCUT2D eigenvalue weighted by molar-refractivity contribution is 5.85. The highest BCUT2D eigenvalue weighted by Crippen LogP contribution is 2.17. The largest absolute Gasteiger partial charge is 1.00 e. The number of aromatic nitrogens is 1. The number of nitrogen functional groups attached to an aromatic ring is 1. The third kappa shape index (κ3) is 6.68. The number of ether oxygens (including phenoxy) is 1. The summed E-state index contributed by atoms with van der Waals surface area (Å²) in [5, 5.41) is 20.4. The van der Waals surface area contributed by atoms with Gasteiger partial charge in [-0.2, -0.15) is 0 Å². The molecule has 1 heterocycles. The number of aliphatic hydroxyl groups is 1. The summed E-state index contributed by atoms with van der Waals surface area (Å²) in [6.07, 6.45) is 2.80. The molecule has 1 unspecified atom stereocenters. The molecule has 0 spiro atoms. The van der Waals surface area contributed by atoms with Gasteiger partial charge in [0.25, 0.3) is 5.69 Å². The van der Waals surface area contributed by atoms with Crippen molar-refractivity contribution in [2.45, 2.75) is 12.6 Å². The van der Waals surface area contributed by atoms with Crippen molar-refractivity contribution in [3.05, 3.63) is 58.9 Å². The predicted molar refractivity (Wildman–Crippen MR) is 82.9 cm³/mol. The first-order valence-electron chi connectivity index (χ1n) is 6.34. The average molecular weight is 362 g/mol. The standard InChI is InChI=1S/C14H16N3O4.2ClH/c15-11-2-1-7-16(8-11)9-13(18)10-21-14-5-3-12(4-6-14)17(19)20;;/h1-8,13,18H,9-10,15H2;2*1H/q+1;;/p-1. The lowest BCUT2D eigenvalue weighted by Crippen LogP contribution is -3.00. The molecule has 0 aliphatic carbocycles. The van der Waals surface area contributed by atoms with Crippen molar-refractivity contribution in [3.8, 4) is 5.75 Å². The lowest BCUT2D eigenvalue weighted by Gasteiger charge is -2.10. The van der Waals surface area contributed by atoms with Crippen molar-refractivity contribution in [1.29, 1.82) is 0 Å². The summed E-state index contributed by atoms with van der Waals surface area (Å²) in [7, 11) is 0. The summed E-state index contributed by atoms with van der Waals surface area (Å²) in [6, 6.07) is 9.26. The first-order valence-corrected chi connectivity index (χ1v) is 6.34. The average Bonchev–Trinajstić information content (AvgIpc) is 2.45. The summed E-state index contributed by atoms with van der Waals surface area (Å²) in [6.45, 7) is 0.428. The van der Waals surface area contributed by atoms with Crippen LogP contribution in [0.1, 0.15) is 0 Å². The SMILES string of the molecule is Cl.Nc1ccc[n+](CC(O)COc2ccc([N+](=O)[O-])cc2)c1.[Cl-]. The van der Waals surface area contributed by atoms with Gasteiger partial charge in [0.1, 0.15) is 18.5 Å². The van der Waals surface area contributed by atoms with Gasteiger partial charge in [-0.15, -0.1) is 12.4 Å². The predicted octanol–water partition coefficient (Wildman–Crippen LogP) is -1.67. The summed E-state index contributed by atoms with van der Waals surface area (Å²) in [4.78, 5) is 10.0. The Balaban J connectivity index is 0.00000242. The number of hydrogen-bond acceptors (Lipinski definition) is 5. The molecular weight excluding hydrogens is 345 g/mol. The van der Waals surface area contributed by atoms with E-state index in [9.17, 15) is 15.2 Å². The minimum Gasteiger partial charge on any atom is -1.00 e. The smallest absolute Gasteiger partial charge is 0.269 e. The molecule has 1 aromatic carbocycles. The van der Waals surface area contributed by atoms with Gasteiger partial charge in [0.15, 0.2) is 18.9 Å². The van der Waals surface area contributed by atoms with Gasteiger partial charge in [-0.1, -0.05) is 0 Å². The van der Waals surface area contributed by atoms with Crippen LogP contribution in [0.2, 0.25) is 0 Å². The van der Waals surface area contributed by atoms with Crippen LogP contribution in [-0.4, -0.2) is 22.7 Å². The molecule has 0 fully saturated rings. The van der Waals surface area contributed by atoms with Gasteiger partial charge in [0.05, 0.1) is 10.6 Å². The van der Waals surface area contributed by atoms with Crippen LogP contribution in [0, 0.1) is 10.1 Å². The quantitative estimate of drug-likeness (QED) is 0.364. The van der Waals surface area contributed by atoms with E-state index in [0.29, 0.717) is 18.0 Å². The number of nitrogens with two attached hydrogens (primary N) is 1. The number of anilines is 1. The van der Waals surface area contributed by atoms with Crippen molar-refractivity contribution in [2.24, 2.45) is 0 Å². The third-order valence-electron chi connectivity index (χ3n) is 2.79. The number of nitrogens with zero attached hydrogens (tertiary/aromatic N) is 2. The molecule has 0 aliphatic heterocycles. The summed E-state index contributed by atoms with van der Waals surface area (Å²) in [5.41, 5.74) is 6.26. The van der Waals surface area contributed by atoms with E-state index in [1.165, 1.54) is 24.3 Å². The number of pyridine rings is 1. The van der Waals surface area contributed by atoms with E-state index in [-0.39, 0.29) is 37.1 Å². The Morgan fingerprint density at radius 2 is 1.96 bits per heavy atom. The number of rotatable bonds is 6. The number of benzene rings is 1. The minimum absolute atomic E-state index is 0. The molecule has 2 aromatic rings. The van der Waals surface area contributed by atoms with Crippen LogP contribution >= 0.6 is 12.4 Å². The first kappa shape index (κ1) is 20.9. The second-order valence-corrected chi connectivity index (χ2v) is 4.55. The molecule has 23 heavy (non-hydrogen) atoms. The van der Waals surface area contributed by atoms with Crippen LogP contribution in [0.5, 0.6) is 5.75 Å². The van der Waals surface area contributed by atoms with Crippen LogP contribution in [0.15, 0.2) is 48.8 Å². The second kappa shape index (κ2) is 9.83. The van der Waals surface area contributed by atoms with Crippen molar-refractivity contribution < 1.29 is 31.7 Å². The maximum atomic E-state index is 10.5. The van der Waals surface area contributed by atoms with Crippen molar-refractivity contribution in [1.82, 2.24) is 0 Å². The molecule has 0 saturated heterocycles. The maximum absolute atomic E-state index is 10.5. The Morgan fingerprint density at radius 3 is 2.52 bits per heavy atom. The van der Waals surface area contributed by atoms with Gasteiger partial charge < -0.3 is 28.0 Å². The molecule has 126 valence electrons. The Bertz CT molecular complexity index is 626. The lowest BCUT2D eigenvalue weighted by molar-refractivity contribution is -0.703. The van der Waals surface area contributed by atoms with Gasteiger partial charge in [-0.05, 0) is 18.2 Å². The van der Waals surface area contributed by atoms with Gasteiger partial charge in [-0.3, -0.25) is 10.1 Å². The number of halogens is 2. The monoisotopic (exact) mass is 361 g/mol. The Hall–Kier alpha value is -2.09. The van der Waals surface area contributed by atoms with Crippen molar-refractivity contribution >= 4 is 23.8 Å². The fraction of sp³-hybridized carbons (Fsp3) is 0.214. The van der Waals surface area contributed by atoms with Crippen LogP contribution in [-0.2, 0) is 6.54 Å². The van der Waals surface area contributed by atoms with Gasteiger partial charge >= 0.3 is 0 Å². The van der Waals surface area contributed by atoms with E-state index < -0.39 is 11.0 Å². The topological polar surface area (TPSA) is 102 Å². The van der Waals surface area contributed by atoms with Crippen LogP contribution in [0.4, 0.5) is 11.4 Å². The van der Waals surface area contributed by atoms with Crippen molar-refractivity contribution in [2.75, 3.05) is 12.3 Å². The Kier molecular flexibility index (Phi) is 8.94. The number of nitro benzene ring substituents is 1. The molecule has 2 rings (SSSR count). The van der Waals surface area contributed by atoms with E-state index in [2.05, 4.69) is 0 Å². The third-order valence-corrected chi connectivity index (χ3v) is 2.79. The fourth-order valence-corrected chi connectivity index (χ4v) is 1.81. The Labute approximate surface area is 145 Å².